The second-order valence-electron chi connectivity index (χ2n) is 5.48. The van der Waals surface area contributed by atoms with E-state index in [2.05, 4.69) is 22.4 Å². The first-order valence-electron chi connectivity index (χ1n) is 7.47. The molecular formula is C16H23ClN4O2. The predicted molar refractivity (Wildman–Crippen MR) is 91.2 cm³/mol. The van der Waals surface area contributed by atoms with Gasteiger partial charge in [0, 0.05) is 18.0 Å². The summed E-state index contributed by atoms with van der Waals surface area (Å²) in [5.74, 6) is 0.771. The van der Waals surface area contributed by atoms with E-state index < -0.39 is 0 Å². The third-order valence-corrected chi connectivity index (χ3v) is 3.32. The van der Waals surface area contributed by atoms with Crippen LogP contribution in [-0.2, 0) is 11.2 Å². The summed E-state index contributed by atoms with van der Waals surface area (Å²) in [6.07, 6.45) is 1.25. The van der Waals surface area contributed by atoms with Gasteiger partial charge in [0.05, 0.1) is 0 Å². The third-order valence-electron chi connectivity index (χ3n) is 3.32. The van der Waals surface area contributed by atoms with Crippen molar-refractivity contribution in [1.82, 2.24) is 15.5 Å². The van der Waals surface area contributed by atoms with Crippen LogP contribution in [0.4, 0.5) is 0 Å². The molecule has 1 aromatic carbocycles. The van der Waals surface area contributed by atoms with Crippen LogP contribution in [0.1, 0.15) is 44.7 Å². The number of amides is 1. The number of carbonyl (C=O) groups excluding carboxylic acids is 1. The lowest BCUT2D eigenvalue weighted by Gasteiger charge is -2.10. The Kier molecular flexibility index (Phi) is 7.19. The van der Waals surface area contributed by atoms with Gasteiger partial charge in [-0.2, -0.15) is 4.98 Å². The summed E-state index contributed by atoms with van der Waals surface area (Å²) < 4.78 is 5.24. The van der Waals surface area contributed by atoms with Crippen LogP contribution >= 0.6 is 12.4 Å². The van der Waals surface area contributed by atoms with Gasteiger partial charge in [0.2, 0.25) is 17.6 Å². The number of halogens is 1. The summed E-state index contributed by atoms with van der Waals surface area (Å²) in [7, 11) is 0. The zero-order valence-corrected chi connectivity index (χ0v) is 14.4. The Morgan fingerprint density at radius 1 is 1.30 bits per heavy atom. The number of aromatic nitrogens is 2. The van der Waals surface area contributed by atoms with Crippen molar-refractivity contribution in [1.29, 1.82) is 0 Å². The second-order valence-corrected chi connectivity index (χ2v) is 5.48. The summed E-state index contributed by atoms with van der Waals surface area (Å²) in [5, 5.41) is 6.76. The fraction of sp³-hybridized carbons (Fsp3) is 0.438. The number of hydrogen-bond acceptors (Lipinski definition) is 5. The summed E-state index contributed by atoms with van der Waals surface area (Å²) >= 11 is 0. The van der Waals surface area contributed by atoms with E-state index in [4.69, 9.17) is 10.3 Å². The van der Waals surface area contributed by atoms with Gasteiger partial charge in [-0.3, -0.25) is 4.79 Å². The van der Waals surface area contributed by atoms with Crippen LogP contribution in [0.2, 0.25) is 0 Å². The predicted octanol–water partition coefficient (Wildman–Crippen LogP) is 2.64. The highest BCUT2D eigenvalue weighted by Crippen LogP contribution is 2.19. The van der Waals surface area contributed by atoms with Gasteiger partial charge in [0.25, 0.3) is 0 Å². The first kappa shape index (κ1) is 19.1. The second kappa shape index (κ2) is 8.64. The fourth-order valence-electron chi connectivity index (χ4n) is 2.07. The Balaban J connectivity index is 0.00000264. The molecule has 0 aliphatic carbocycles. The number of nitrogens with two attached hydrogens (primary N) is 1. The molecule has 1 aromatic heterocycles. The van der Waals surface area contributed by atoms with Crippen molar-refractivity contribution in [3.63, 3.8) is 0 Å². The van der Waals surface area contributed by atoms with Crippen LogP contribution in [0.5, 0.6) is 0 Å². The molecule has 0 saturated heterocycles. The topological polar surface area (TPSA) is 94.0 Å². The van der Waals surface area contributed by atoms with Crippen molar-refractivity contribution < 1.29 is 9.32 Å². The number of carbonyl (C=O) groups is 1. The number of nitrogens with zero attached hydrogens (tertiary/aromatic N) is 2. The molecule has 2 rings (SSSR count). The molecule has 0 fully saturated rings. The van der Waals surface area contributed by atoms with Crippen molar-refractivity contribution >= 4 is 18.3 Å². The molecule has 1 heterocycles. The number of benzene rings is 1. The van der Waals surface area contributed by atoms with E-state index >= 15 is 0 Å². The van der Waals surface area contributed by atoms with E-state index in [1.807, 2.05) is 24.3 Å². The first-order valence-corrected chi connectivity index (χ1v) is 7.47. The molecule has 0 saturated carbocycles. The fourth-order valence-corrected chi connectivity index (χ4v) is 2.07. The van der Waals surface area contributed by atoms with Crippen molar-refractivity contribution in [2.24, 2.45) is 5.73 Å². The van der Waals surface area contributed by atoms with Crippen molar-refractivity contribution in [3.05, 3.63) is 35.7 Å². The molecule has 126 valence electrons. The van der Waals surface area contributed by atoms with E-state index in [0.717, 1.165) is 12.0 Å². The van der Waals surface area contributed by atoms with E-state index in [1.165, 1.54) is 5.56 Å². The molecule has 23 heavy (non-hydrogen) atoms. The highest BCUT2D eigenvalue weighted by molar-refractivity contribution is 5.85. The number of hydrogen-bond donors (Lipinski definition) is 2. The molecule has 0 aliphatic heterocycles. The van der Waals surface area contributed by atoms with Gasteiger partial charge in [-0.05, 0) is 25.8 Å². The molecule has 3 N–H and O–H groups in total. The van der Waals surface area contributed by atoms with Gasteiger partial charge >= 0.3 is 0 Å². The maximum atomic E-state index is 11.7. The normalized spacial score (nSPS) is 13.0. The molecule has 2 aromatic rings. The lowest BCUT2D eigenvalue weighted by molar-refractivity contribution is -0.122. The lowest BCUT2D eigenvalue weighted by Crippen LogP contribution is -2.31. The van der Waals surface area contributed by atoms with E-state index in [-0.39, 0.29) is 36.8 Å². The number of nitrogens with one attached hydrogen (secondary N) is 1. The number of rotatable bonds is 6. The zero-order chi connectivity index (χ0) is 16.1. The summed E-state index contributed by atoms with van der Waals surface area (Å²) in [6.45, 7) is 5.69. The maximum Gasteiger partial charge on any atom is 0.249 e. The quantitative estimate of drug-likeness (QED) is 0.844. The van der Waals surface area contributed by atoms with Crippen LogP contribution in [0.15, 0.2) is 28.8 Å². The molecule has 1 amide bonds. The standard InChI is InChI=1S/C16H22N4O2.ClH/c1-4-12-5-7-13(8-6-12)15-19-16(22-20-15)11(3)18-14(21)9-10(2)17;/h5-8,10-11H,4,9,17H2,1-3H3,(H,18,21);1H. The van der Waals surface area contributed by atoms with E-state index in [1.54, 1.807) is 13.8 Å². The highest BCUT2D eigenvalue weighted by atomic mass is 35.5. The maximum absolute atomic E-state index is 11.7. The molecule has 7 heteroatoms. The zero-order valence-electron chi connectivity index (χ0n) is 13.6. The molecule has 2 atom stereocenters. The third kappa shape index (κ3) is 5.33. The Bertz CT molecular complexity index is 625. The smallest absolute Gasteiger partial charge is 0.249 e. The first-order chi connectivity index (χ1) is 10.5. The molecular weight excluding hydrogens is 316 g/mol. The van der Waals surface area contributed by atoms with Crippen LogP contribution < -0.4 is 11.1 Å². The van der Waals surface area contributed by atoms with Crippen molar-refractivity contribution in [3.8, 4) is 11.4 Å². The lowest BCUT2D eigenvalue weighted by atomic mass is 10.1. The van der Waals surface area contributed by atoms with Crippen molar-refractivity contribution in [2.45, 2.75) is 45.7 Å². The van der Waals surface area contributed by atoms with Crippen LogP contribution in [0, 0.1) is 0 Å². The molecule has 2 unspecified atom stereocenters. The molecule has 0 radical (unpaired) electrons. The van der Waals surface area contributed by atoms with Gasteiger partial charge < -0.3 is 15.6 Å². The molecule has 0 spiro atoms. The van der Waals surface area contributed by atoms with Gasteiger partial charge in [-0.1, -0.05) is 36.3 Å². The van der Waals surface area contributed by atoms with Crippen LogP contribution in [0.25, 0.3) is 11.4 Å². The monoisotopic (exact) mass is 338 g/mol. The largest absolute Gasteiger partial charge is 0.345 e. The minimum Gasteiger partial charge on any atom is -0.345 e. The van der Waals surface area contributed by atoms with Gasteiger partial charge in [-0.25, -0.2) is 0 Å². The highest BCUT2D eigenvalue weighted by Gasteiger charge is 2.17. The minimum absolute atomic E-state index is 0. The van der Waals surface area contributed by atoms with E-state index in [9.17, 15) is 4.79 Å². The van der Waals surface area contributed by atoms with Gasteiger partial charge in [-0.15, -0.1) is 12.4 Å². The Hall–Kier alpha value is -1.92. The molecule has 0 bridgehead atoms. The molecule has 0 aliphatic rings. The Labute approximate surface area is 142 Å². The average Bonchev–Trinajstić information content (AvgIpc) is 2.96. The van der Waals surface area contributed by atoms with Crippen LogP contribution in [0.3, 0.4) is 0 Å². The van der Waals surface area contributed by atoms with Gasteiger partial charge in [0.15, 0.2) is 0 Å². The Morgan fingerprint density at radius 3 is 2.52 bits per heavy atom. The SMILES string of the molecule is CCc1ccc(-c2noc(C(C)NC(=O)CC(C)N)n2)cc1.Cl. The average molecular weight is 339 g/mol. The summed E-state index contributed by atoms with van der Waals surface area (Å²) in [5.41, 5.74) is 7.74. The molecule has 6 nitrogen and oxygen atoms in total. The number of aryl methyl sites for hydroxylation is 1. The summed E-state index contributed by atoms with van der Waals surface area (Å²) in [4.78, 5) is 16.0. The summed E-state index contributed by atoms with van der Waals surface area (Å²) in [6, 6.07) is 7.49. The van der Waals surface area contributed by atoms with E-state index in [0.29, 0.717) is 11.7 Å². The van der Waals surface area contributed by atoms with Gasteiger partial charge in [0.1, 0.15) is 6.04 Å². The van der Waals surface area contributed by atoms with Crippen LogP contribution in [-0.4, -0.2) is 22.1 Å². The Morgan fingerprint density at radius 2 is 1.96 bits per heavy atom. The van der Waals surface area contributed by atoms with Crippen molar-refractivity contribution in [2.75, 3.05) is 0 Å². The minimum atomic E-state index is -0.345.